The van der Waals surface area contributed by atoms with Crippen molar-refractivity contribution < 1.29 is 9.53 Å². The van der Waals surface area contributed by atoms with Crippen LogP contribution >= 0.6 is 15.9 Å². The van der Waals surface area contributed by atoms with Crippen LogP contribution in [0.25, 0.3) is 6.08 Å². The van der Waals surface area contributed by atoms with E-state index < -0.39 is 0 Å². The minimum absolute atomic E-state index is 0.0856. The zero-order chi connectivity index (χ0) is 19.6. The number of nitrogens with zero attached hydrogens (tertiary/aromatic N) is 1. The molecule has 2 aromatic rings. The summed E-state index contributed by atoms with van der Waals surface area (Å²) in [5, 5.41) is 4.05. The number of hydrazone groups is 1. The molecule has 1 N–H and O–H groups in total. The maximum absolute atomic E-state index is 11.9. The molecule has 0 unspecified atom stereocenters. The molecule has 0 spiro atoms. The van der Waals surface area contributed by atoms with Gasteiger partial charge >= 0.3 is 0 Å². The quantitative estimate of drug-likeness (QED) is 0.375. The molecule has 5 heteroatoms. The number of nitrogens with one attached hydrogen (secondary N) is 1. The Morgan fingerprint density at radius 3 is 2.48 bits per heavy atom. The van der Waals surface area contributed by atoms with Crippen molar-refractivity contribution >= 4 is 33.6 Å². The average molecular weight is 427 g/mol. The predicted molar refractivity (Wildman–Crippen MR) is 115 cm³/mol. The van der Waals surface area contributed by atoms with Crippen LogP contribution in [0.15, 0.2) is 70.3 Å². The Kier molecular flexibility index (Phi) is 8.01. The predicted octanol–water partition coefficient (Wildman–Crippen LogP) is 5.21. The third kappa shape index (κ3) is 7.23. The lowest BCUT2D eigenvalue weighted by Crippen LogP contribution is -2.25. The standard InChI is InChI=1S/C22H23BrN2O2/c1-16-13-20(23)14-17(2)22(16)27-15-21(26)25-24-18(3)9-7-8-12-19-10-5-4-6-11-19/h4-14H,15H2,1-3H3,(H,25,26)/b9-7+,12-8+,24-18+. The molecule has 27 heavy (non-hydrogen) atoms. The van der Waals surface area contributed by atoms with E-state index in [9.17, 15) is 4.79 Å². The normalized spacial score (nSPS) is 11.9. The van der Waals surface area contributed by atoms with Crippen molar-refractivity contribution in [2.45, 2.75) is 20.8 Å². The van der Waals surface area contributed by atoms with E-state index in [-0.39, 0.29) is 12.5 Å². The molecule has 0 saturated heterocycles. The Morgan fingerprint density at radius 1 is 1.15 bits per heavy atom. The maximum atomic E-state index is 11.9. The maximum Gasteiger partial charge on any atom is 0.277 e. The SMILES string of the molecule is CC(/C=C/C=C/c1ccccc1)=N\NC(=O)COc1c(C)cc(Br)cc1C. The molecular formula is C22H23BrN2O2. The molecule has 0 atom stereocenters. The van der Waals surface area contributed by atoms with E-state index in [1.807, 2.05) is 87.5 Å². The average Bonchev–Trinajstić information content (AvgIpc) is 2.63. The van der Waals surface area contributed by atoms with Crippen LogP contribution in [0.5, 0.6) is 5.75 Å². The number of hydrogen-bond donors (Lipinski definition) is 1. The van der Waals surface area contributed by atoms with Crippen LogP contribution < -0.4 is 10.2 Å². The highest BCUT2D eigenvalue weighted by Gasteiger charge is 2.08. The Labute approximate surface area is 168 Å². The van der Waals surface area contributed by atoms with Gasteiger partial charge in [0.2, 0.25) is 0 Å². The minimum atomic E-state index is -0.302. The first kappa shape index (κ1) is 20.6. The summed E-state index contributed by atoms with van der Waals surface area (Å²) < 4.78 is 6.62. The van der Waals surface area contributed by atoms with E-state index in [2.05, 4.69) is 26.5 Å². The highest BCUT2D eigenvalue weighted by Crippen LogP contribution is 2.27. The molecule has 2 aromatic carbocycles. The first-order valence-corrected chi connectivity index (χ1v) is 9.37. The van der Waals surface area contributed by atoms with Crippen molar-refractivity contribution in [2.75, 3.05) is 6.61 Å². The summed E-state index contributed by atoms with van der Waals surface area (Å²) in [4.78, 5) is 11.9. The number of amides is 1. The molecule has 2 rings (SSSR count). The van der Waals surface area contributed by atoms with E-state index in [1.54, 1.807) is 0 Å². The van der Waals surface area contributed by atoms with Crippen LogP contribution in [0.2, 0.25) is 0 Å². The van der Waals surface area contributed by atoms with Crippen LogP contribution in [-0.2, 0) is 4.79 Å². The fraction of sp³-hybridized carbons (Fsp3) is 0.182. The third-order valence-corrected chi connectivity index (χ3v) is 4.12. The van der Waals surface area contributed by atoms with Crippen molar-refractivity contribution in [1.82, 2.24) is 5.43 Å². The number of carbonyl (C=O) groups excluding carboxylic acids is 1. The molecule has 140 valence electrons. The monoisotopic (exact) mass is 426 g/mol. The second-order valence-corrected chi connectivity index (χ2v) is 6.99. The van der Waals surface area contributed by atoms with Crippen LogP contribution in [0.4, 0.5) is 0 Å². The number of aryl methyl sites for hydroxylation is 2. The highest BCUT2D eigenvalue weighted by atomic mass is 79.9. The van der Waals surface area contributed by atoms with Gasteiger partial charge in [0, 0.05) is 4.47 Å². The summed E-state index contributed by atoms with van der Waals surface area (Å²) in [7, 11) is 0. The fourth-order valence-corrected chi connectivity index (χ4v) is 3.10. The van der Waals surface area contributed by atoms with E-state index in [0.29, 0.717) is 5.71 Å². The molecule has 4 nitrogen and oxygen atoms in total. The van der Waals surface area contributed by atoms with Crippen molar-refractivity contribution in [3.63, 3.8) is 0 Å². The van der Waals surface area contributed by atoms with Gasteiger partial charge < -0.3 is 4.74 Å². The zero-order valence-electron chi connectivity index (χ0n) is 15.7. The lowest BCUT2D eigenvalue weighted by Gasteiger charge is -2.11. The van der Waals surface area contributed by atoms with Crippen LogP contribution in [-0.4, -0.2) is 18.2 Å². The number of allylic oxidation sites excluding steroid dienone is 3. The van der Waals surface area contributed by atoms with Gasteiger partial charge in [-0.25, -0.2) is 5.43 Å². The van der Waals surface area contributed by atoms with Gasteiger partial charge in [-0.1, -0.05) is 64.5 Å². The number of rotatable bonds is 7. The summed E-state index contributed by atoms with van der Waals surface area (Å²) in [5.41, 5.74) is 6.27. The summed E-state index contributed by atoms with van der Waals surface area (Å²) in [6.45, 7) is 5.62. The fourth-order valence-electron chi connectivity index (χ4n) is 2.41. The summed E-state index contributed by atoms with van der Waals surface area (Å²) >= 11 is 3.44. The van der Waals surface area contributed by atoms with Crippen LogP contribution in [0.1, 0.15) is 23.6 Å². The Balaban J connectivity index is 1.81. The molecule has 0 fully saturated rings. The topological polar surface area (TPSA) is 50.7 Å². The van der Waals surface area contributed by atoms with E-state index in [0.717, 1.165) is 26.9 Å². The Bertz CT molecular complexity index is 848. The zero-order valence-corrected chi connectivity index (χ0v) is 17.3. The second kappa shape index (κ2) is 10.5. The highest BCUT2D eigenvalue weighted by molar-refractivity contribution is 9.10. The number of halogens is 1. The Morgan fingerprint density at radius 2 is 1.81 bits per heavy atom. The third-order valence-electron chi connectivity index (χ3n) is 3.67. The molecular weight excluding hydrogens is 404 g/mol. The van der Waals surface area contributed by atoms with E-state index in [1.165, 1.54) is 0 Å². The van der Waals surface area contributed by atoms with Crippen LogP contribution in [0.3, 0.4) is 0 Å². The molecule has 0 saturated carbocycles. The van der Waals surface area contributed by atoms with E-state index >= 15 is 0 Å². The Hall–Kier alpha value is -2.66. The number of carbonyl (C=O) groups is 1. The van der Waals surface area contributed by atoms with Crippen molar-refractivity contribution in [3.05, 3.63) is 81.9 Å². The molecule has 0 radical (unpaired) electrons. The van der Waals surface area contributed by atoms with Gasteiger partial charge in [0.15, 0.2) is 6.61 Å². The van der Waals surface area contributed by atoms with Crippen LogP contribution in [0, 0.1) is 13.8 Å². The summed E-state index contributed by atoms with van der Waals surface area (Å²) in [6.07, 6.45) is 7.63. The van der Waals surface area contributed by atoms with Gasteiger partial charge in [-0.3, -0.25) is 4.79 Å². The molecule has 1 amide bonds. The first-order valence-electron chi connectivity index (χ1n) is 8.58. The smallest absolute Gasteiger partial charge is 0.277 e. The molecule has 0 heterocycles. The van der Waals surface area contributed by atoms with Gasteiger partial charge in [-0.05, 0) is 55.7 Å². The lowest BCUT2D eigenvalue weighted by molar-refractivity contribution is -0.123. The first-order chi connectivity index (χ1) is 13.0. The minimum Gasteiger partial charge on any atom is -0.483 e. The van der Waals surface area contributed by atoms with Gasteiger partial charge in [0.05, 0.1) is 5.71 Å². The summed E-state index contributed by atoms with van der Waals surface area (Å²) in [6, 6.07) is 13.9. The lowest BCUT2D eigenvalue weighted by atomic mass is 10.1. The molecule has 0 aliphatic carbocycles. The molecule has 0 aromatic heterocycles. The van der Waals surface area contributed by atoms with Crippen molar-refractivity contribution in [3.8, 4) is 5.75 Å². The number of hydrogen-bond acceptors (Lipinski definition) is 3. The van der Waals surface area contributed by atoms with Crippen molar-refractivity contribution in [1.29, 1.82) is 0 Å². The second-order valence-electron chi connectivity index (χ2n) is 6.07. The van der Waals surface area contributed by atoms with Gasteiger partial charge in [-0.15, -0.1) is 0 Å². The largest absolute Gasteiger partial charge is 0.483 e. The molecule has 0 aliphatic heterocycles. The number of benzene rings is 2. The number of ether oxygens (including phenoxy) is 1. The van der Waals surface area contributed by atoms with Gasteiger partial charge in [0.25, 0.3) is 5.91 Å². The summed E-state index contributed by atoms with van der Waals surface area (Å²) in [5.74, 6) is 0.421. The van der Waals surface area contributed by atoms with Crippen molar-refractivity contribution in [2.24, 2.45) is 5.10 Å². The van der Waals surface area contributed by atoms with Gasteiger partial charge in [0.1, 0.15) is 5.75 Å². The molecule has 0 aliphatic rings. The van der Waals surface area contributed by atoms with E-state index in [4.69, 9.17) is 4.74 Å². The van der Waals surface area contributed by atoms with Gasteiger partial charge in [-0.2, -0.15) is 5.10 Å². The molecule has 0 bridgehead atoms.